The van der Waals surface area contributed by atoms with E-state index in [4.69, 9.17) is 0 Å². The molecule has 13 heavy (non-hydrogen) atoms. The first-order valence-corrected chi connectivity index (χ1v) is 4.66. The number of carbonyl (C=O) groups excluding carboxylic acids is 3. The Hall–Kier alpha value is -0.990. The predicted molar refractivity (Wildman–Crippen MR) is 47.3 cm³/mol. The molecule has 0 heterocycles. The van der Waals surface area contributed by atoms with Crippen LogP contribution in [0.15, 0.2) is 0 Å². The van der Waals surface area contributed by atoms with Gasteiger partial charge in [-0.05, 0) is 19.8 Å². The van der Waals surface area contributed by atoms with E-state index in [9.17, 15) is 14.4 Å². The van der Waals surface area contributed by atoms with Gasteiger partial charge < -0.3 is 4.79 Å². The molecule has 3 nitrogen and oxygen atoms in total. The van der Waals surface area contributed by atoms with E-state index < -0.39 is 5.92 Å². The molecule has 0 aromatic carbocycles. The molecule has 3 heteroatoms. The van der Waals surface area contributed by atoms with Gasteiger partial charge >= 0.3 is 0 Å². The topological polar surface area (TPSA) is 51.2 Å². The zero-order valence-electron chi connectivity index (χ0n) is 7.84. The van der Waals surface area contributed by atoms with Gasteiger partial charge in [0.25, 0.3) is 0 Å². The van der Waals surface area contributed by atoms with Gasteiger partial charge in [-0.1, -0.05) is 0 Å². The van der Waals surface area contributed by atoms with Crippen LogP contribution in [-0.2, 0) is 14.4 Å². The molecule has 0 aromatic heterocycles. The second-order valence-electron chi connectivity index (χ2n) is 3.58. The first-order chi connectivity index (χ1) is 6.11. The molecule has 72 valence electrons. The molecule has 0 aliphatic heterocycles. The standard InChI is InChI=1S/C10H14O3/c1-7(11)5-6-8-9(12)3-2-4-10(8)13/h8H,2-6H2,1H3. The molecular weight excluding hydrogens is 168 g/mol. The summed E-state index contributed by atoms with van der Waals surface area (Å²) in [5, 5.41) is 0. The Balaban J connectivity index is 2.49. The Labute approximate surface area is 77.5 Å². The molecule has 1 rings (SSSR count). The third-order valence-corrected chi connectivity index (χ3v) is 2.41. The van der Waals surface area contributed by atoms with Crippen LogP contribution in [0.4, 0.5) is 0 Å². The lowest BCUT2D eigenvalue weighted by Crippen LogP contribution is -2.28. The Morgan fingerprint density at radius 1 is 1.31 bits per heavy atom. The van der Waals surface area contributed by atoms with E-state index in [1.807, 2.05) is 0 Å². The normalized spacial score (nSPS) is 19.2. The average molecular weight is 182 g/mol. The van der Waals surface area contributed by atoms with Crippen molar-refractivity contribution in [3.8, 4) is 0 Å². The molecule has 0 saturated heterocycles. The number of hydrogen-bond donors (Lipinski definition) is 0. The van der Waals surface area contributed by atoms with Crippen molar-refractivity contribution in [1.82, 2.24) is 0 Å². The van der Waals surface area contributed by atoms with Crippen molar-refractivity contribution in [3.05, 3.63) is 0 Å². The molecule has 0 N–H and O–H groups in total. The zero-order valence-corrected chi connectivity index (χ0v) is 7.84. The van der Waals surface area contributed by atoms with E-state index in [0.29, 0.717) is 32.1 Å². The summed E-state index contributed by atoms with van der Waals surface area (Å²) in [5.41, 5.74) is 0. The largest absolute Gasteiger partial charge is 0.300 e. The van der Waals surface area contributed by atoms with Crippen LogP contribution in [-0.4, -0.2) is 17.3 Å². The third-order valence-electron chi connectivity index (χ3n) is 2.41. The summed E-state index contributed by atoms with van der Waals surface area (Å²) >= 11 is 0. The number of carbonyl (C=O) groups is 3. The number of rotatable bonds is 3. The maximum Gasteiger partial charge on any atom is 0.143 e. The molecule has 0 atom stereocenters. The van der Waals surface area contributed by atoms with Crippen molar-refractivity contribution >= 4 is 17.3 Å². The fraction of sp³-hybridized carbons (Fsp3) is 0.700. The van der Waals surface area contributed by atoms with Crippen molar-refractivity contribution in [1.29, 1.82) is 0 Å². The Kier molecular flexibility index (Phi) is 3.34. The second-order valence-corrected chi connectivity index (χ2v) is 3.58. The molecule has 0 aromatic rings. The fourth-order valence-electron chi connectivity index (χ4n) is 1.63. The maximum atomic E-state index is 11.3. The fourth-order valence-corrected chi connectivity index (χ4v) is 1.63. The molecule has 0 spiro atoms. The summed E-state index contributed by atoms with van der Waals surface area (Å²) in [5.74, 6) is -0.376. The second kappa shape index (κ2) is 4.30. The molecule has 1 aliphatic rings. The highest BCUT2D eigenvalue weighted by molar-refractivity contribution is 6.04. The van der Waals surface area contributed by atoms with Crippen LogP contribution in [0.25, 0.3) is 0 Å². The van der Waals surface area contributed by atoms with Crippen molar-refractivity contribution in [2.24, 2.45) is 5.92 Å². The lowest BCUT2D eigenvalue weighted by molar-refractivity contribution is -0.135. The predicted octanol–water partition coefficient (Wildman–Crippen LogP) is 1.29. The minimum atomic E-state index is -0.474. The smallest absolute Gasteiger partial charge is 0.143 e. The van der Waals surface area contributed by atoms with Crippen LogP contribution < -0.4 is 0 Å². The highest BCUT2D eigenvalue weighted by Gasteiger charge is 2.29. The first kappa shape index (κ1) is 10.1. The van der Waals surface area contributed by atoms with Crippen molar-refractivity contribution < 1.29 is 14.4 Å². The molecule has 0 amide bonds. The van der Waals surface area contributed by atoms with Gasteiger partial charge in [0.05, 0.1) is 5.92 Å². The first-order valence-electron chi connectivity index (χ1n) is 4.66. The number of Topliss-reactive ketones (excluding diaryl/α,β-unsaturated/α-hetero) is 3. The van der Waals surface area contributed by atoms with E-state index >= 15 is 0 Å². The van der Waals surface area contributed by atoms with Crippen LogP contribution in [0.3, 0.4) is 0 Å². The lowest BCUT2D eigenvalue weighted by atomic mass is 9.83. The molecule has 1 saturated carbocycles. The van der Waals surface area contributed by atoms with Crippen LogP contribution in [0.5, 0.6) is 0 Å². The van der Waals surface area contributed by atoms with Crippen LogP contribution in [0, 0.1) is 5.92 Å². The van der Waals surface area contributed by atoms with Crippen molar-refractivity contribution in [3.63, 3.8) is 0 Å². The summed E-state index contributed by atoms with van der Waals surface area (Å²) in [6, 6.07) is 0. The van der Waals surface area contributed by atoms with Gasteiger partial charge in [-0.15, -0.1) is 0 Å². The summed E-state index contributed by atoms with van der Waals surface area (Å²) in [7, 11) is 0. The molecular formula is C10H14O3. The Morgan fingerprint density at radius 2 is 1.85 bits per heavy atom. The molecule has 0 bridgehead atoms. The minimum Gasteiger partial charge on any atom is -0.300 e. The molecule has 0 radical (unpaired) electrons. The van der Waals surface area contributed by atoms with Gasteiger partial charge in [-0.2, -0.15) is 0 Å². The Bertz CT molecular complexity index is 227. The Morgan fingerprint density at radius 3 is 2.31 bits per heavy atom. The number of hydrogen-bond acceptors (Lipinski definition) is 3. The van der Waals surface area contributed by atoms with Gasteiger partial charge in [-0.3, -0.25) is 9.59 Å². The highest BCUT2D eigenvalue weighted by atomic mass is 16.2. The van der Waals surface area contributed by atoms with E-state index in [1.54, 1.807) is 0 Å². The van der Waals surface area contributed by atoms with Crippen LogP contribution in [0.1, 0.15) is 39.0 Å². The molecule has 0 unspecified atom stereocenters. The van der Waals surface area contributed by atoms with Gasteiger partial charge in [0.2, 0.25) is 0 Å². The summed E-state index contributed by atoms with van der Waals surface area (Å²) in [6.07, 6.45) is 2.48. The highest BCUT2D eigenvalue weighted by Crippen LogP contribution is 2.21. The third kappa shape index (κ3) is 2.76. The summed E-state index contributed by atoms with van der Waals surface area (Å²) in [6.45, 7) is 1.48. The van der Waals surface area contributed by atoms with Gasteiger partial charge in [0, 0.05) is 19.3 Å². The van der Waals surface area contributed by atoms with E-state index in [0.717, 1.165) is 0 Å². The maximum absolute atomic E-state index is 11.3. The zero-order chi connectivity index (χ0) is 9.84. The summed E-state index contributed by atoms with van der Waals surface area (Å²) in [4.78, 5) is 33.2. The van der Waals surface area contributed by atoms with E-state index in [-0.39, 0.29) is 17.3 Å². The van der Waals surface area contributed by atoms with E-state index in [2.05, 4.69) is 0 Å². The van der Waals surface area contributed by atoms with Crippen molar-refractivity contribution in [2.75, 3.05) is 0 Å². The SMILES string of the molecule is CC(=O)CCC1C(=O)CCCC1=O. The lowest BCUT2D eigenvalue weighted by Gasteiger charge is -2.18. The van der Waals surface area contributed by atoms with Gasteiger partial charge in [0.1, 0.15) is 17.3 Å². The minimum absolute atomic E-state index is 0.0255. The number of ketones is 3. The average Bonchev–Trinajstić information content (AvgIpc) is 2.03. The quantitative estimate of drug-likeness (QED) is 0.618. The van der Waals surface area contributed by atoms with Gasteiger partial charge in [-0.25, -0.2) is 0 Å². The van der Waals surface area contributed by atoms with Gasteiger partial charge in [0.15, 0.2) is 0 Å². The van der Waals surface area contributed by atoms with Crippen molar-refractivity contribution in [2.45, 2.75) is 39.0 Å². The van der Waals surface area contributed by atoms with E-state index in [1.165, 1.54) is 6.92 Å². The summed E-state index contributed by atoms with van der Waals surface area (Å²) < 4.78 is 0. The molecule has 1 fully saturated rings. The monoisotopic (exact) mass is 182 g/mol. The van der Waals surface area contributed by atoms with Crippen LogP contribution >= 0.6 is 0 Å². The van der Waals surface area contributed by atoms with Crippen LogP contribution in [0.2, 0.25) is 0 Å². The molecule has 1 aliphatic carbocycles.